The molecule has 0 atom stereocenters. The second-order valence-corrected chi connectivity index (χ2v) is 5.81. The fourth-order valence-corrected chi connectivity index (χ4v) is 3.47. The van der Waals surface area contributed by atoms with Crippen molar-refractivity contribution >= 4 is 11.3 Å². The third kappa shape index (κ3) is 1.62. The second kappa shape index (κ2) is 3.87. The first kappa shape index (κ1) is 9.79. The van der Waals surface area contributed by atoms with Gasteiger partial charge in [0.15, 0.2) is 0 Å². The van der Waals surface area contributed by atoms with E-state index in [1.54, 1.807) is 4.88 Å². The van der Waals surface area contributed by atoms with Crippen molar-refractivity contribution in [2.45, 2.75) is 44.4 Å². The lowest BCUT2D eigenvalue weighted by Crippen LogP contribution is -2.39. The molecule has 2 aliphatic rings. The summed E-state index contributed by atoms with van der Waals surface area (Å²) in [4.78, 5) is 6.46. The van der Waals surface area contributed by atoms with E-state index in [1.165, 1.54) is 36.4 Å². The van der Waals surface area contributed by atoms with Gasteiger partial charge in [0, 0.05) is 29.8 Å². The van der Waals surface area contributed by atoms with Crippen LogP contribution < -0.4 is 5.32 Å². The largest absolute Gasteiger partial charge is 0.315 e. The van der Waals surface area contributed by atoms with Crippen LogP contribution in [0.15, 0.2) is 0 Å². The molecule has 3 rings (SSSR count). The molecule has 2 fully saturated rings. The van der Waals surface area contributed by atoms with E-state index in [9.17, 15) is 0 Å². The van der Waals surface area contributed by atoms with Crippen LogP contribution >= 0.6 is 11.3 Å². The lowest BCUT2D eigenvalue weighted by atomic mass is 9.82. The second-order valence-electron chi connectivity index (χ2n) is 4.70. The van der Waals surface area contributed by atoms with Gasteiger partial charge in [-0.25, -0.2) is 4.98 Å². The van der Waals surface area contributed by atoms with Gasteiger partial charge < -0.3 is 5.32 Å². The van der Waals surface area contributed by atoms with E-state index in [2.05, 4.69) is 12.2 Å². The van der Waals surface area contributed by atoms with Crippen molar-refractivity contribution < 1.29 is 0 Å². The average Bonchev–Trinajstić information content (AvgIpc) is 2.42. The third-order valence-corrected chi connectivity index (χ3v) is 5.07. The summed E-state index contributed by atoms with van der Waals surface area (Å²) in [5.41, 5.74) is 1.45. The number of thiazole rings is 1. The quantitative estimate of drug-likeness (QED) is 0.850. The van der Waals surface area contributed by atoms with Crippen LogP contribution in [0, 0.1) is 0 Å². The average molecular weight is 222 g/mol. The van der Waals surface area contributed by atoms with Crippen LogP contribution in [0.1, 0.15) is 53.6 Å². The van der Waals surface area contributed by atoms with Crippen LogP contribution in [0.3, 0.4) is 0 Å². The molecule has 1 N–H and O–H groups in total. The van der Waals surface area contributed by atoms with E-state index in [-0.39, 0.29) is 0 Å². The van der Waals surface area contributed by atoms with Gasteiger partial charge in [0.05, 0.1) is 10.7 Å². The SMILES string of the molecule is CCc1sc(C2CNC2)nc1C1CCC1. The number of aromatic nitrogens is 1. The molecule has 82 valence electrons. The summed E-state index contributed by atoms with van der Waals surface area (Å²) in [5.74, 6) is 1.52. The molecule has 1 aliphatic carbocycles. The van der Waals surface area contributed by atoms with Crippen LogP contribution in [-0.4, -0.2) is 18.1 Å². The van der Waals surface area contributed by atoms with Gasteiger partial charge in [-0.2, -0.15) is 0 Å². The molecule has 0 aromatic carbocycles. The minimum atomic E-state index is 0.717. The summed E-state index contributed by atoms with van der Waals surface area (Å²) in [6.45, 7) is 4.54. The number of hydrogen-bond donors (Lipinski definition) is 1. The first-order valence-electron chi connectivity index (χ1n) is 6.08. The smallest absolute Gasteiger partial charge is 0.0987 e. The van der Waals surface area contributed by atoms with Gasteiger partial charge in [0.25, 0.3) is 0 Å². The number of nitrogens with one attached hydrogen (secondary N) is 1. The first-order chi connectivity index (χ1) is 7.38. The van der Waals surface area contributed by atoms with Crippen LogP contribution in [0.5, 0.6) is 0 Å². The number of aryl methyl sites for hydroxylation is 1. The third-order valence-electron chi connectivity index (χ3n) is 3.69. The van der Waals surface area contributed by atoms with Crippen molar-refractivity contribution in [2.24, 2.45) is 0 Å². The van der Waals surface area contributed by atoms with Crippen molar-refractivity contribution in [1.29, 1.82) is 0 Å². The van der Waals surface area contributed by atoms with Crippen LogP contribution in [0.25, 0.3) is 0 Å². The molecule has 0 unspecified atom stereocenters. The molecule has 1 saturated carbocycles. The molecule has 2 nitrogen and oxygen atoms in total. The molecule has 1 aromatic heterocycles. The molecule has 0 spiro atoms. The monoisotopic (exact) mass is 222 g/mol. The fourth-order valence-electron chi connectivity index (χ4n) is 2.27. The highest BCUT2D eigenvalue weighted by atomic mass is 32.1. The Balaban J connectivity index is 1.86. The van der Waals surface area contributed by atoms with Gasteiger partial charge in [-0.3, -0.25) is 0 Å². The van der Waals surface area contributed by atoms with Gasteiger partial charge >= 0.3 is 0 Å². The van der Waals surface area contributed by atoms with Crippen LogP contribution in [-0.2, 0) is 6.42 Å². The zero-order valence-corrected chi connectivity index (χ0v) is 10.1. The van der Waals surface area contributed by atoms with Gasteiger partial charge in [0.1, 0.15) is 0 Å². The molecule has 2 heterocycles. The normalized spacial score (nSPS) is 22.5. The number of hydrogen-bond acceptors (Lipinski definition) is 3. The zero-order valence-electron chi connectivity index (χ0n) is 9.25. The summed E-state index contributed by atoms with van der Waals surface area (Å²) < 4.78 is 0. The molecular weight excluding hydrogens is 204 g/mol. The van der Waals surface area contributed by atoms with Crippen molar-refractivity contribution in [3.8, 4) is 0 Å². The Kier molecular flexibility index (Phi) is 2.53. The zero-order chi connectivity index (χ0) is 10.3. The van der Waals surface area contributed by atoms with E-state index in [1.807, 2.05) is 11.3 Å². The highest BCUT2D eigenvalue weighted by Gasteiger charge is 2.28. The Morgan fingerprint density at radius 2 is 2.13 bits per heavy atom. The van der Waals surface area contributed by atoms with Crippen LogP contribution in [0.4, 0.5) is 0 Å². The lowest BCUT2D eigenvalue weighted by molar-refractivity contribution is 0.405. The summed E-state index contributed by atoms with van der Waals surface area (Å²) >= 11 is 1.97. The molecule has 15 heavy (non-hydrogen) atoms. The molecule has 0 amide bonds. The Hall–Kier alpha value is -0.410. The van der Waals surface area contributed by atoms with Crippen molar-refractivity contribution in [3.05, 3.63) is 15.6 Å². The molecular formula is C12H18N2S. The number of rotatable bonds is 3. The fraction of sp³-hybridized carbons (Fsp3) is 0.750. The molecule has 0 radical (unpaired) electrons. The van der Waals surface area contributed by atoms with Crippen molar-refractivity contribution in [3.63, 3.8) is 0 Å². The lowest BCUT2D eigenvalue weighted by Gasteiger charge is -2.26. The van der Waals surface area contributed by atoms with Crippen molar-refractivity contribution in [1.82, 2.24) is 10.3 Å². The Labute approximate surface area is 95.1 Å². The highest BCUT2D eigenvalue weighted by Crippen LogP contribution is 2.40. The van der Waals surface area contributed by atoms with E-state index < -0.39 is 0 Å². The van der Waals surface area contributed by atoms with E-state index >= 15 is 0 Å². The Morgan fingerprint density at radius 3 is 2.60 bits per heavy atom. The maximum atomic E-state index is 4.90. The summed E-state index contributed by atoms with van der Waals surface area (Å²) in [7, 11) is 0. The van der Waals surface area contributed by atoms with Gasteiger partial charge in [0.2, 0.25) is 0 Å². The maximum Gasteiger partial charge on any atom is 0.0987 e. The minimum absolute atomic E-state index is 0.717. The van der Waals surface area contributed by atoms with E-state index in [0.717, 1.165) is 19.0 Å². The van der Waals surface area contributed by atoms with Gasteiger partial charge in [-0.1, -0.05) is 13.3 Å². The maximum absolute atomic E-state index is 4.90. The Morgan fingerprint density at radius 1 is 1.33 bits per heavy atom. The van der Waals surface area contributed by atoms with Gasteiger partial charge in [-0.15, -0.1) is 11.3 Å². The van der Waals surface area contributed by atoms with Crippen molar-refractivity contribution in [2.75, 3.05) is 13.1 Å². The topological polar surface area (TPSA) is 24.9 Å². The predicted octanol–water partition coefficient (Wildman–Crippen LogP) is 2.66. The Bertz CT molecular complexity index is 351. The van der Waals surface area contributed by atoms with Gasteiger partial charge in [-0.05, 0) is 19.3 Å². The molecule has 0 bridgehead atoms. The summed E-state index contributed by atoms with van der Waals surface area (Å²) in [5, 5.41) is 4.73. The van der Waals surface area contributed by atoms with E-state index in [0.29, 0.717) is 5.92 Å². The summed E-state index contributed by atoms with van der Waals surface area (Å²) in [6.07, 6.45) is 5.33. The van der Waals surface area contributed by atoms with E-state index in [4.69, 9.17) is 4.98 Å². The molecule has 3 heteroatoms. The molecule has 1 aliphatic heterocycles. The first-order valence-corrected chi connectivity index (χ1v) is 6.90. The number of nitrogens with zero attached hydrogens (tertiary/aromatic N) is 1. The predicted molar refractivity (Wildman–Crippen MR) is 63.7 cm³/mol. The summed E-state index contributed by atoms with van der Waals surface area (Å²) in [6, 6.07) is 0. The minimum Gasteiger partial charge on any atom is -0.315 e. The highest BCUT2D eigenvalue weighted by molar-refractivity contribution is 7.11. The molecule has 1 aromatic rings. The van der Waals surface area contributed by atoms with Crippen LogP contribution in [0.2, 0.25) is 0 Å². The molecule has 1 saturated heterocycles. The standard InChI is InChI=1S/C12H18N2S/c1-2-10-11(8-4-3-5-8)14-12(15-10)9-6-13-7-9/h8-9,13H,2-7H2,1H3.